The van der Waals surface area contributed by atoms with Crippen LogP contribution in [-0.4, -0.2) is 117 Å². The van der Waals surface area contributed by atoms with Crippen molar-refractivity contribution in [3.63, 3.8) is 0 Å². The van der Waals surface area contributed by atoms with Crippen LogP contribution in [0.2, 0.25) is 0 Å². The number of nitrogens with one attached hydrogen (secondary N) is 1. The fraction of sp³-hybridized carbons (Fsp3) is 0.733. The summed E-state index contributed by atoms with van der Waals surface area (Å²) in [5, 5.41) is 66.9. The summed E-state index contributed by atoms with van der Waals surface area (Å²) < 4.78 is 44.9. The third kappa shape index (κ3) is 5.28. The number of H-pyrrole nitrogens is 1. The molecule has 10 atom stereocenters. The van der Waals surface area contributed by atoms with Gasteiger partial charge in [-0.2, -0.15) is 0 Å². The molecule has 36 heavy (non-hydrogen) atoms. The highest BCUT2D eigenvalue weighted by molar-refractivity contribution is 7.65. The van der Waals surface area contributed by atoms with E-state index in [0.717, 1.165) is 12.3 Å². The summed E-state index contributed by atoms with van der Waals surface area (Å²) in [6, 6.07) is 0.896. The summed E-state index contributed by atoms with van der Waals surface area (Å²) in [4.78, 5) is 43.6. The zero-order valence-corrected chi connectivity index (χ0v) is 19.6. The Morgan fingerprint density at radius 2 is 1.67 bits per heavy atom. The van der Waals surface area contributed by atoms with Crippen LogP contribution < -0.4 is 11.2 Å². The Morgan fingerprint density at radius 3 is 2.22 bits per heavy atom. The van der Waals surface area contributed by atoms with Gasteiger partial charge in [0.1, 0.15) is 36.6 Å². The second-order valence-electron chi connectivity index (χ2n) is 7.87. The SMILES string of the molecule is O=c1ccn([C@@H]2O[C@H](COP(=O)(OP(=O)(O)O)[C@]3(CO)O[C@H](O)[C@H](O)[C@@H](O)[C@H]3O)[C@@H](O)[C@H]2O)c(=O)[nH]1. The largest absolute Gasteiger partial charge is 0.476 e. The van der Waals surface area contributed by atoms with Crippen molar-refractivity contribution >= 4 is 15.4 Å². The zero-order valence-electron chi connectivity index (χ0n) is 17.8. The van der Waals surface area contributed by atoms with Gasteiger partial charge in [-0.1, -0.05) is 0 Å². The van der Waals surface area contributed by atoms with Crippen molar-refractivity contribution < 1.29 is 73.0 Å². The molecule has 1 aromatic rings. The fourth-order valence-electron chi connectivity index (χ4n) is 3.65. The zero-order chi connectivity index (χ0) is 27.2. The molecule has 2 aliphatic heterocycles. The van der Waals surface area contributed by atoms with Gasteiger partial charge in [0.25, 0.3) is 5.56 Å². The number of aromatic nitrogens is 2. The number of ether oxygens (including phenoxy) is 2. The lowest BCUT2D eigenvalue weighted by Crippen LogP contribution is -2.65. The molecule has 0 saturated carbocycles. The maximum Gasteiger partial charge on any atom is 0.476 e. The van der Waals surface area contributed by atoms with E-state index in [-0.39, 0.29) is 0 Å². The lowest BCUT2D eigenvalue weighted by molar-refractivity contribution is -0.305. The van der Waals surface area contributed by atoms with Crippen LogP contribution in [0.5, 0.6) is 0 Å². The summed E-state index contributed by atoms with van der Waals surface area (Å²) in [5.74, 6) is 0. The summed E-state index contributed by atoms with van der Waals surface area (Å²) in [6.45, 7) is -2.82. The molecule has 0 amide bonds. The standard InChI is InChI=1S/C15H24N2O17P2/c18-4-15(11(24)8(21)10(23)13(25)33-15)35(27,34-36(28,29)30)31-3-5-7(20)9(22)12(32-5)17-2-1-6(19)16-14(17)26/h1-2,5,7-13,18,20-25H,3-4H2,(H,16,19,26)(H2,28,29,30)/t5-,7-,8-,9-,10-,11-,12-,13+,15+,35?/m1/s1. The van der Waals surface area contributed by atoms with Crippen molar-refractivity contribution in [2.24, 2.45) is 0 Å². The molecule has 0 radical (unpaired) electrons. The molecule has 0 bridgehead atoms. The summed E-state index contributed by atoms with van der Waals surface area (Å²) in [5.41, 5.74) is -1.83. The van der Waals surface area contributed by atoms with Crippen molar-refractivity contribution in [3.8, 4) is 0 Å². The monoisotopic (exact) mass is 566 g/mol. The Labute approximate surface area is 199 Å². The first-order chi connectivity index (χ1) is 16.6. The Balaban J connectivity index is 1.92. The number of rotatable bonds is 8. The molecule has 0 aliphatic carbocycles. The molecule has 2 fully saturated rings. The first-order valence-electron chi connectivity index (χ1n) is 9.92. The maximum absolute atomic E-state index is 13.6. The molecule has 21 heteroatoms. The van der Waals surface area contributed by atoms with E-state index in [2.05, 4.69) is 4.31 Å². The number of aliphatic hydroxyl groups is 7. The molecule has 3 heterocycles. The number of nitrogens with zero attached hydrogens (tertiary/aromatic N) is 1. The summed E-state index contributed by atoms with van der Waals surface area (Å²) in [6.07, 6.45) is -15.9. The van der Waals surface area contributed by atoms with E-state index in [9.17, 15) is 64.3 Å². The van der Waals surface area contributed by atoms with Crippen LogP contribution in [-0.2, 0) is 27.4 Å². The lowest BCUT2D eigenvalue weighted by atomic mass is 9.99. The average Bonchev–Trinajstić information content (AvgIpc) is 3.06. The molecule has 1 aromatic heterocycles. The molecule has 0 spiro atoms. The van der Waals surface area contributed by atoms with E-state index in [0.29, 0.717) is 4.57 Å². The lowest BCUT2D eigenvalue weighted by Gasteiger charge is -2.48. The van der Waals surface area contributed by atoms with E-state index in [4.69, 9.17) is 14.0 Å². The number of hydrogen-bond donors (Lipinski definition) is 10. The maximum atomic E-state index is 13.6. The van der Waals surface area contributed by atoms with Gasteiger partial charge in [0.15, 0.2) is 12.5 Å². The minimum Gasteiger partial charge on any atom is -0.393 e. The minimum atomic E-state index is -5.80. The number of aromatic amines is 1. The van der Waals surface area contributed by atoms with E-state index in [1.54, 1.807) is 0 Å². The van der Waals surface area contributed by atoms with Crippen LogP contribution in [0.15, 0.2) is 21.9 Å². The van der Waals surface area contributed by atoms with Crippen LogP contribution >= 0.6 is 15.4 Å². The van der Waals surface area contributed by atoms with Gasteiger partial charge >= 0.3 is 21.1 Å². The molecule has 2 aliphatic rings. The molecular formula is C15H24N2O17P2. The third-order valence-electron chi connectivity index (χ3n) is 5.53. The molecular weight excluding hydrogens is 542 g/mol. The van der Waals surface area contributed by atoms with Crippen molar-refractivity contribution in [2.45, 2.75) is 54.5 Å². The second-order valence-corrected chi connectivity index (χ2v) is 11.5. The van der Waals surface area contributed by atoms with Gasteiger partial charge in [-0.25, -0.2) is 13.7 Å². The molecule has 2 saturated heterocycles. The number of hydrogen-bond acceptors (Lipinski definition) is 15. The smallest absolute Gasteiger partial charge is 0.393 e. The highest BCUT2D eigenvalue weighted by Gasteiger charge is 2.67. The molecule has 3 rings (SSSR count). The predicted molar refractivity (Wildman–Crippen MR) is 109 cm³/mol. The van der Waals surface area contributed by atoms with Crippen molar-refractivity contribution in [1.82, 2.24) is 9.55 Å². The van der Waals surface area contributed by atoms with Crippen LogP contribution in [0.3, 0.4) is 0 Å². The van der Waals surface area contributed by atoms with Gasteiger partial charge in [0.05, 0.1) is 13.2 Å². The van der Waals surface area contributed by atoms with Gasteiger partial charge < -0.3 is 59.5 Å². The van der Waals surface area contributed by atoms with Gasteiger partial charge in [-0.15, -0.1) is 0 Å². The average molecular weight is 566 g/mol. The van der Waals surface area contributed by atoms with Gasteiger partial charge in [0, 0.05) is 12.3 Å². The molecule has 19 nitrogen and oxygen atoms in total. The molecule has 206 valence electrons. The number of phosphoric acid groups is 1. The van der Waals surface area contributed by atoms with Crippen LogP contribution in [0.25, 0.3) is 0 Å². The number of aliphatic hydroxyl groups excluding tert-OH is 7. The van der Waals surface area contributed by atoms with Gasteiger partial charge in [-0.3, -0.25) is 18.9 Å². The first-order valence-corrected chi connectivity index (χ1v) is 13.0. The van der Waals surface area contributed by atoms with Crippen molar-refractivity contribution in [3.05, 3.63) is 33.1 Å². The third-order valence-corrected chi connectivity index (χ3v) is 9.17. The normalized spacial score (nSPS) is 39.1. The van der Waals surface area contributed by atoms with E-state index in [1.165, 1.54) is 0 Å². The first kappa shape index (κ1) is 29.2. The van der Waals surface area contributed by atoms with Crippen LogP contribution in [0.4, 0.5) is 0 Å². The van der Waals surface area contributed by atoms with Crippen molar-refractivity contribution in [2.75, 3.05) is 13.2 Å². The topological polar surface area (TPSA) is 308 Å². The second kappa shape index (κ2) is 10.4. The highest BCUT2D eigenvalue weighted by Crippen LogP contribution is 2.70. The van der Waals surface area contributed by atoms with Crippen LogP contribution in [0, 0.1) is 0 Å². The van der Waals surface area contributed by atoms with E-state index in [1.807, 2.05) is 4.98 Å². The van der Waals surface area contributed by atoms with Gasteiger partial charge in [-0.05, 0) is 0 Å². The molecule has 0 aromatic carbocycles. The summed E-state index contributed by atoms with van der Waals surface area (Å²) in [7, 11) is -11.5. The van der Waals surface area contributed by atoms with E-state index < -0.39 is 94.4 Å². The van der Waals surface area contributed by atoms with Gasteiger partial charge in [0.2, 0.25) is 5.34 Å². The quantitative estimate of drug-likeness (QED) is 0.131. The Bertz CT molecular complexity index is 1150. The Kier molecular flexibility index (Phi) is 8.44. The highest BCUT2D eigenvalue weighted by atomic mass is 31.3. The minimum absolute atomic E-state index is 0.679. The Morgan fingerprint density at radius 1 is 1.03 bits per heavy atom. The van der Waals surface area contributed by atoms with Crippen LogP contribution in [0.1, 0.15) is 6.23 Å². The Hall–Kier alpha value is -1.38. The molecule has 10 N–H and O–H groups in total. The summed E-state index contributed by atoms with van der Waals surface area (Å²) >= 11 is 0. The fourth-order valence-corrected chi connectivity index (χ4v) is 6.96. The predicted octanol–water partition coefficient (Wildman–Crippen LogP) is -5.41. The molecule has 1 unspecified atom stereocenters. The van der Waals surface area contributed by atoms with E-state index >= 15 is 0 Å². The van der Waals surface area contributed by atoms with Crippen molar-refractivity contribution in [1.29, 1.82) is 0 Å².